The molecule has 0 saturated carbocycles. The lowest BCUT2D eigenvalue weighted by Gasteiger charge is -2.16. The van der Waals surface area contributed by atoms with Crippen molar-refractivity contribution in [1.29, 1.82) is 5.26 Å². The molecule has 0 heterocycles. The van der Waals surface area contributed by atoms with Gasteiger partial charge in [0.2, 0.25) is 0 Å². The molecule has 3 nitrogen and oxygen atoms in total. The van der Waals surface area contributed by atoms with E-state index >= 15 is 0 Å². The Bertz CT molecular complexity index is 438. The van der Waals surface area contributed by atoms with Gasteiger partial charge < -0.3 is 10.1 Å². The smallest absolute Gasteiger partial charge is 0.167 e. The number of nitrogens with zero attached hydrogens (tertiary/aromatic N) is 1. The fourth-order valence-corrected chi connectivity index (χ4v) is 1.46. The normalized spacial score (nSPS) is 10.8. The minimum absolute atomic E-state index is 0.264. The Morgan fingerprint density at radius 1 is 1.44 bits per heavy atom. The molecule has 0 unspecified atom stereocenters. The highest BCUT2D eigenvalue weighted by Crippen LogP contribution is 2.22. The van der Waals surface area contributed by atoms with Gasteiger partial charge >= 0.3 is 0 Å². The monoisotopic (exact) mass is 250 g/mol. The van der Waals surface area contributed by atoms with E-state index < -0.39 is 0 Å². The number of anilines is 1. The van der Waals surface area contributed by atoms with Crippen LogP contribution in [-0.2, 0) is 0 Å². The van der Waals surface area contributed by atoms with Gasteiger partial charge in [0.05, 0.1) is 18.1 Å². The summed E-state index contributed by atoms with van der Waals surface area (Å²) in [6.07, 6.45) is 0.707. The fraction of sp³-hybridized carbons (Fsp3) is 0.500. The third-order valence-corrected chi connectivity index (χ3v) is 2.61. The molecule has 0 bridgehead atoms. The predicted octanol–water partition coefficient (Wildman–Crippen LogP) is 3.58. The molecule has 1 N–H and O–H groups in total. The van der Waals surface area contributed by atoms with Gasteiger partial charge in [0.1, 0.15) is 0 Å². The van der Waals surface area contributed by atoms with Gasteiger partial charge in [0.25, 0.3) is 0 Å². The average Bonchev–Trinajstić information content (AvgIpc) is 2.32. The van der Waals surface area contributed by atoms with Crippen LogP contribution < -0.4 is 10.1 Å². The topological polar surface area (TPSA) is 45.0 Å². The van der Waals surface area contributed by atoms with Gasteiger partial charge in [-0.25, -0.2) is 4.39 Å². The second-order valence-electron chi connectivity index (χ2n) is 4.75. The molecule has 0 fully saturated rings. The van der Waals surface area contributed by atoms with E-state index in [1.54, 1.807) is 12.1 Å². The molecule has 1 aromatic carbocycles. The largest absolute Gasteiger partial charge is 0.491 e. The Labute approximate surface area is 108 Å². The first-order valence-electron chi connectivity index (χ1n) is 6.06. The molecular weight excluding hydrogens is 231 g/mol. The van der Waals surface area contributed by atoms with E-state index in [0.29, 0.717) is 25.3 Å². The molecule has 0 aromatic heterocycles. The van der Waals surface area contributed by atoms with Crippen molar-refractivity contribution >= 4 is 5.69 Å². The lowest BCUT2D eigenvalue weighted by atomic mass is 9.91. The molecular formula is C14H19FN2O. The standard InChI is InChI=1S/C14H19FN2O/c1-4-18-13-6-5-11(9-12(13)15)17-8-7-14(2,3)10-16/h5-6,9,17H,4,7-8H2,1-3H3. The van der Waals surface area contributed by atoms with Crippen LogP contribution in [0.3, 0.4) is 0 Å². The highest BCUT2D eigenvalue weighted by atomic mass is 19.1. The van der Waals surface area contributed by atoms with E-state index in [1.165, 1.54) is 6.07 Å². The first kappa shape index (κ1) is 14.3. The molecule has 0 aliphatic rings. The molecule has 0 amide bonds. The number of nitriles is 1. The number of hydrogen-bond acceptors (Lipinski definition) is 3. The highest BCUT2D eigenvalue weighted by molar-refractivity contribution is 5.47. The van der Waals surface area contributed by atoms with Gasteiger partial charge in [-0.2, -0.15) is 5.26 Å². The maximum atomic E-state index is 13.5. The molecule has 98 valence electrons. The molecule has 0 saturated heterocycles. The summed E-state index contributed by atoms with van der Waals surface area (Å²) in [7, 11) is 0. The van der Waals surface area contributed by atoms with Crippen molar-refractivity contribution in [3.63, 3.8) is 0 Å². The number of ether oxygens (including phenoxy) is 1. The van der Waals surface area contributed by atoms with Crippen molar-refractivity contribution in [1.82, 2.24) is 0 Å². The van der Waals surface area contributed by atoms with Crippen LogP contribution in [-0.4, -0.2) is 13.2 Å². The molecule has 1 rings (SSSR count). The SMILES string of the molecule is CCOc1ccc(NCCC(C)(C)C#N)cc1F. The number of rotatable bonds is 6. The van der Waals surface area contributed by atoms with Crippen molar-refractivity contribution in [3.8, 4) is 11.8 Å². The summed E-state index contributed by atoms with van der Waals surface area (Å²) in [5.74, 6) is -0.109. The van der Waals surface area contributed by atoms with E-state index in [4.69, 9.17) is 10.00 Å². The van der Waals surface area contributed by atoms with Crippen LogP contribution in [0.4, 0.5) is 10.1 Å². The molecule has 4 heteroatoms. The summed E-state index contributed by atoms with van der Waals surface area (Å²) >= 11 is 0. The number of nitrogens with one attached hydrogen (secondary N) is 1. The molecule has 1 aromatic rings. The maximum Gasteiger partial charge on any atom is 0.167 e. The van der Waals surface area contributed by atoms with E-state index in [1.807, 2.05) is 20.8 Å². The minimum Gasteiger partial charge on any atom is -0.491 e. The van der Waals surface area contributed by atoms with Crippen LogP contribution in [0.2, 0.25) is 0 Å². The van der Waals surface area contributed by atoms with E-state index in [-0.39, 0.29) is 17.0 Å². The predicted molar refractivity (Wildman–Crippen MR) is 70.1 cm³/mol. The van der Waals surface area contributed by atoms with Gasteiger partial charge in [-0.15, -0.1) is 0 Å². The maximum absolute atomic E-state index is 13.5. The summed E-state index contributed by atoms with van der Waals surface area (Å²) in [5.41, 5.74) is 0.335. The van der Waals surface area contributed by atoms with Crippen molar-refractivity contribution in [2.45, 2.75) is 27.2 Å². The Kier molecular flexibility index (Phi) is 4.96. The second-order valence-corrected chi connectivity index (χ2v) is 4.75. The summed E-state index contributed by atoms with van der Waals surface area (Å²) in [6.45, 7) is 6.66. The molecule has 0 aliphatic carbocycles. The van der Waals surface area contributed by atoms with Gasteiger partial charge in [0, 0.05) is 18.3 Å². The van der Waals surface area contributed by atoms with Crippen molar-refractivity contribution in [2.24, 2.45) is 5.41 Å². The fourth-order valence-electron chi connectivity index (χ4n) is 1.46. The quantitative estimate of drug-likeness (QED) is 0.839. The van der Waals surface area contributed by atoms with E-state index in [9.17, 15) is 4.39 Å². The Morgan fingerprint density at radius 2 is 2.17 bits per heavy atom. The Hall–Kier alpha value is -1.76. The zero-order valence-corrected chi connectivity index (χ0v) is 11.1. The van der Waals surface area contributed by atoms with Crippen molar-refractivity contribution in [2.75, 3.05) is 18.5 Å². The lowest BCUT2D eigenvalue weighted by molar-refractivity contribution is 0.321. The summed E-state index contributed by atoms with van der Waals surface area (Å²) < 4.78 is 18.7. The second kappa shape index (κ2) is 6.25. The summed E-state index contributed by atoms with van der Waals surface area (Å²) in [4.78, 5) is 0. The minimum atomic E-state index is -0.374. The third-order valence-electron chi connectivity index (χ3n) is 2.61. The number of halogens is 1. The molecule has 0 aliphatic heterocycles. The van der Waals surface area contributed by atoms with Crippen LogP contribution >= 0.6 is 0 Å². The van der Waals surface area contributed by atoms with Crippen LogP contribution in [0.5, 0.6) is 5.75 Å². The van der Waals surface area contributed by atoms with E-state index in [2.05, 4.69) is 11.4 Å². The molecule has 18 heavy (non-hydrogen) atoms. The van der Waals surface area contributed by atoms with Crippen molar-refractivity contribution < 1.29 is 9.13 Å². The van der Waals surface area contributed by atoms with Gasteiger partial charge in [-0.05, 0) is 39.3 Å². The molecule has 0 spiro atoms. The van der Waals surface area contributed by atoms with Gasteiger partial charge in [-0.1, -0.05) is 0 Å². The van der Waals surface area contributed by atoms with Crippen LogP contribution in [0.25, 0.3) is 0 Å². The van der Waals surface area contributed by atoms with Crippen LogP contribution in [0.15, 0.2) is 18.2 Å². The lowest BCUT2D eigenvalue weighted by Crippen LogP contribution is -2.14. The van der Waals surface area contributed by atoms with Gasteiger partial charge in [0.15, 0.2) is 11.6 Å². The van der Waals surface area contributed by atoms with Crippen LogP contribution in [0, 0.1) is 22.6 Å². The Morgan fingerprint density at radius 3 is 2.72 bits per heavy atom. The summed E-state index contributed by atoms with van der Waals surface area (Å²) in [5, 5.41) is 12.0. The van der Waals surface area contributed by atoms with Crippen LogP contribution in [0.1, 0.15) is 27.2 Å². The Balaban J connectivity index is 2.54. The number of hydrogen-bond donors (Lipinski definition) is 1. The zero-order chi connectivity index (χ0) is 13.6. The number of benzene rings is 1. The van der Waals surface area contributed by atoms with E-state index in [0.717, 1.165) is 0 Å². The first-order chi connectivity index (χ1) is 8.48. The third kappa shape index (κ3) is 4.25. The zero-order valence-electron chi connectivity index (χ0n) is 11.1. The van der Waals surface area contributed by atoms with Crippen molar-refractivity contribution in [3.05, 3.63) is 24.0 Å². The summed E-state index contributed by atoms with van der Waals surface area (Å²) in [6, 6.07) is 7.02. The van der Waals surface area contributed by atoms with Gasteiger partial charge in [-0.3, -0.25) is 0 Å². The molecule has 0 radical (unpaired) electrons. The molecule has 0 atom stereocenters. The highest BCUT2D eigenvalue weighted by Gasteiger charge is 2.15. The average molecular weight is 250 g/mol. The first-order valence-corrected chi connectivity index (χ1v) is 6.06.